The minimum absolute atomic E-state index is 0.0114. The number of carbonyl (C=O) groups excluding carboxylic acids is 1. The summed E-state index contributed by atoms with van der Waals surface area (Å²) >= 11 is 9.24. The Morgan fingerprint density at radius 2 is 2.15 bits per heavy atom. The normalized spacial score (nSPS) is 16.9. The van der Waals surface area contributed by atoms with E-state index in [0.717, 1.165) is 15.6 Å². The van der Waals surface area contributed by atoms with Crippen LogP contribution in [0, 0.1) is 5.82 Å². The van der Waals surface area contributed by atoms with Crippen LogP contribution in [-0.4, -0.2) is 27.5 Å². The molecule has 1 unspecified atom stereocenters. The lowest BCUT2D eigenvalue weighted by Gasteiger charge is -2.16. The zero-order chi connectivity index (χ0) is 19.0. The van der Waals surface area contributed by atoms with E-state index < -0.39 is 5.82 Å². The molecule has 1 aromatic heterocycles. The lowest BCUT2D eigenvalue weighted by atomic mass is 10.1. The van der Waals surface area contributed by atoms with Gasteiger partial charge in [-0.2, -0.15) is 4.98 Å². The average molecular weight is 451 g/mol. The van der Waals surface area contributed by atoms with E-state index in [2.05, 4.69) is 26.1 Å². The highest BCUT2D eigenvalue weighted by Crippen LogP contribution is 2.30. The fourth-order valence-electron chi connectivity index (χ4n) is 3.09. The van der Waals surface area contributed by atoms with Crippen LogP contribution in [0.4, 0.5) is 4.39 Å². The van der Waals surface area contributed by atoms with Crippen molar-refractivity contribution in [2.75, 3.05) is 6.54 Å². The Balaban J connectivity index is 1.48. The quantitative estimate of drug-likeness (QED) is 0.572. The zero-order valence-electron chi connectivity index (χ0n) is 14.0. The molecule has 138 valence electrons. The Morgan fingerprint density at radius 1 is 1.30 bits per heavy atom. The number of amides is 1. The van der Waals surface area contributed by atoms with Crippen molar-refractivity contribution in [3.05, 3.63) is 69.2 Å². The zero-order valence-corrected chi connectivity index (χ0v) is 16.4. The number of halogens is 3. The third-order valence-electron chi connectivity index (χ3n) is 4.45. The highest BCUT2D eigenvalue weighted by atomic mass is 79.9. The number of aromatic nitrogens is 2. The molecule has 1 saturated heterocycles. The summed E-state index contributed by atoms with van der Waals surface area (Å²) in [4.78, 5) is 18.5. The van der Waals surface area contributed by atoms with Gasteiger partial charge in [0.1, 0.15) is 5.82 Å². The van der Waals surface area contributed by atoms with Crippen molar-refractivity contribution in [3.63, 3.8) is 0 Å². The van der Waals surface area contributed by atoms with Crippen molar-refractivity contribution < 1.29 is 13.7 Å². The van der Waals surface area contributed by atoms with Crippen LogP contribution < -0.4 is 0 Å². The smallest absolute Gasteiger partial charge is 0.232 e. The first-order valence-corrected chi connectivity index (χ1v) is 9.48. The first kappa shape index (κ1) is 18.1. The first-order valence-electron chi connectivity index (χ1n) is 8.31. The Labute approximate surface area is 168 Å². The van der Waals surface area contributed by atoms with E-state index in [0.29, 0.717) is 31.2 Å². The van der Waals surface area contributed by atoms with Gasteiger partial charge in [-0.1, -0.05) is 50.9 Å². The van der Waals surface area contributed by atoms with E-state index in [1.165, 1.54) is 12.1 Å². The van der Waals surface area contributed by atoms with Crippen molar-refractivity contribution in [1.29, 1.82) is 0 Å². The van der Waals surface area contributed by atoms with Gasteiger partial charge in [-0.3, -0.25) is 4.79 Å². The molecule has 0 aliphatic carbocycles. The van der Waals surface area contributed by atoms with Gasteiger partial charge >= 0.3 is 0 Å². The molecule has 1 fully saturated rings. The Morgan fingerprint density at radius 3 is 2.93 bits per heavy atom. The number of likely N-dealkylation sites (tertiary alicyclic amines) is 1. The lowest BCUT2D eigenvalue weighted by molar-refractivity contribution is -0.128. The fourth-order valence-corrected chi connectivity index (χ4v) is 3.70. The molecule has 0 bridgehead atoms. The minimum atomic E-state index is -0.475. The second kappa shape index (κ2) is 7.40. The van der Waals surface area contributed by atoms with Crippen molar-refractivity contribution in [2.45, 2.75) is 18.9 Å². The molecular weight excluding hydrogens is 437 g/mol. The summed E-state index contributed by atoms with van der Waals surface area (Å²) < 4.78 is 19.6. The molecule has 2 aromatic carbocycles. The fraction of sp³-hybridized carbons (Fsp3) is 0.211. The van der Waals surface area contributed by atoms with Crippen LogP contribution in [0.3, 0.4) is 0 Å². The van der Waals surface area contributed by atoms with Gasteiger partial charge in [0.2, 0.25) is 17.6 Å². The number of rotatable bonds is 4. The Hall–Kier alpha value is -2.25. The highest BCUT2D eigenvalue weighted by Gasteiger charge is 2.34. The van der Waals surface area contributed by atoms with E-state index >= 15 is 0 Å². The molecule has 0 radical (unpaired) electrons. The highest BCUT2D eigenvalue weighted by molar-refractivity contribution is 9.10. The second-order valence-electron chi connectivity index (χ2n) is 6.39. The Bertz CT molecular complexity index is 1010. The number of hydrogen-bond acceptors (Lipinski definition) is 4. The standard InChI is InChI=1S/C19H14BrClFN3O2/c20-14-3-1-2-12(7-14)18-23-19(27-24-18)13-8-17(26)25(10-13)9-11-4-5-16(22)15(21)6-11/h1-7,13H,8-10H2. The SMILES string of the molecule is O=C1CC(c2nc(-c3cccc(Br)c3)no2)CN1Cc1ccc(F)c(Cl)c1. The van der Waals surface area contributed by atoms with Crippen LogP contribution in [0.1, 0.15) is 23.8 Å². The third-order valence-corrected chi connectivity index (χ3v) is 5.23. The van der Waals surface area contributed by atoms with Crippen molar-refractivity contribution in [3.8, 4) is 11.4 Å². The number of hydrogen-bond donors (Lipinski definition) is 0. The summed E-state index contributed by atoms with van der Waals surface area (Å²) in [5.74, 6) is 0.280. The molecule has 8 heteroatoms. The maximum absolute atomic E-state index is 13.3. The van der Waals surface area contributed by atoms with E-state index in [-0.39, 0.29) is 16.8 Å². The molecule has 3 aromatic rings. The van der Waals surface area contributed by atoms with Gasteiger partial charge in [0.25, 0.3) is 0 Å². The van der Waals surface area contributed by atoms with Crippen LogP contribution in [0.15, 0.2) is 51.5 Å². The van der Waals surface area contributed by atoms with E-state index in [4.69, 9.17) is 16.1 Å². The lowest BCUT2D eigenvalue weighted by Crippen LogP contribution is -2.24. The van der Waals surface area contributed by atoms with Crippen LogP contribution in [-0.2, 0) is 11.3 Å². The molecule has 1 aliphatic heterocycles. The van der Waals surface area contributed by atoms with Gasteiger partial charge in [-0.05, 0) is 29.8 Å². The largest absolute Gasteiger partial charge is 0.339 e. The first-order chi connectivity index (χ1) is 13.0. The molecule has 0 N–H and O–H groups in total. The molecule has 1 atom stereocenters. The predicted molar refractivity (Wildman–Crippen MR) is 102 cm³/mol. The summed E-state index contributed by atoms with van der Waals surface area (Å²) in [6.45, 7) is 0.829. The van der Waals surface area contributed by atoms with Crippen molar-refractivity contribution in [2.24, 2.45) is 0 Å². The maximum Gasteiger partial charge on any atom is 0.232 e. The van der Waals surface area contributed by atoms with E-state index in [1.807, 2.05) is 24.3 Å². The van der Waals surface area contributed by atoms with Crippen LogP contribution in [0.2, 0.25) is 5.02 Å². The predicted octanol–water partition coefficient (Wildman–Crippen LogP) is 4.81. The molecule has 2 heterocycles. The van der Waals surface area contributed by atoms with Gasteiger partial charge in [-0.15, -0.1) is 0 Å². The van der Waals surface area contributed by atoms with E-state index in [9.17, 15) is 9.18 Å². The molecule has 27 heavy (non-hydrogen) atoms. The summed E-state index contributed by atoms with van der Waals surface area (Å²) in [6.07, 6.45) is 0.301. The summed E-state index contributed by atoms with van der Waals surface area (Å²) in [5.41, 5.74) is 1.61. The molecule has 1 amide bonds. The van der Waals surface area contributed by atoms with Gasteiger partial charge in [0.15, 0.2) is 0 Å². The molecule has 5 nitrogen and oxygen atoms in total. The molecular formula is C19H14BrClFN3O2. The average Bonchev–Trinajstić information content (AvgIpc) is 3.26. The van der Waals surface area contributed by atoms with Gasteiger partial charge in [0, 0.05) is 29.5 Å². The molecule has 0 spiro atoms. The number of carbonyl (C=O) groups is 1. The topological polar surface area (TPSA) is 59.2 Å². The monoisotopic (exact) mass is 449 g/mol. The minimum Gasteiger partial charge on any atom is -0.339 e. The van der Waals surface area contributed by atoms with Crippen molar-refractivity contribution >= 4 is 33.4 Å². The third kappa shape index (κ3) is 3.89. The number of benzene rings is 2. The molecule has 4 rings (SSSR count). The van der Waals surface area contributed by atoms with Gasteiger partial charge in [-0.25, -0.2) is 4.39 Å². The van der Waals surface area contributed by atoms with E-state index in [1.54, 1.807) is 11.0 Å². The number of nitrogens with zero attached hydrogens (tertiary/aromatic N) is 3. The van der Waals surface area contributed by atoms with Gasteiger partial charge in [0.05, 0.1) is 10.9 Å². The van der Waals surface area contributed by atoms with Crippen LogP contribution in [0.5, 0.6) is 0 Å². The second-order valence-corrected chi connectivity index (χ2v) is 7.71. The summed E-state index contributed by atoms with van der Waals surface area (Å²) in [6, 6.07) is 12.1. The Kier molecular flexibility index (Phi) is 4.97. The van der Waals surface area contributed by atoms with Crippen LogP contribution >= 0.6 is 27.5 Å². The molecule has 1 aliphatic rings. The summed E-state index contributed by atoms with van der Waals surface area (Å²) in [7, 11) is 0. The molecule has 0 saturated carbocycles. The summed E-state index contributed by atoms with van der Waals surface area (Å²) in [5, 5.41) is 4.08. The van der Waals surface area contributed by atoms with Gasteiger partial charge < -0.3 is 9.42 Å². The van der Waals surface area contributed by atoms with Crippen LogP contribution in [0.25, 0.3) is 11.4 Å². The van der Waals surface area contributed by atoms with Crippen molar-refractivity contribution in [1.82, 2.24) is 15.0 Å². The maximum atomic E-state index is 13.3.